The predicted octanol–water partition coefficient (Wildman–Crippen LogP) is 6.45. The maximum absolute atomic E-state index is 13.8. The van der Waals surface area contributed by atoms with Crippen LogP contribution in [0.25, 0.3) is 5.69 Å². The lowest BCUT2D eigenvalue weighted by Gasteiger charge is -2.37. The van der Waals surface area contributed by atoms with Gasteiger partial charge in [-0.2, -0.15) is 5.10 Å². The number of ether oxygens (including phenoxy) is 1. The number of nitrogens with one attached hydrogen (secondary N) is 1. The molecule has 252 valence electrons. The minimum Gasteiger partial charge on any atom is -0.462 e. The van der Waals surface area contributed by atoms with Crippen LogP contribution in [-0.4, -0.2) is 45.9 Å². The van der Waals surface area contributed by atoms with E-state index < -0.39 is 0 Å². The molecule has 6 rings (SSSR count). The van der Waals surface area contributed by atoms with Gasteiger partial charge >= 0.3 is 11.7 Å². The summed E-state index contributed by atoms with van der Waals surface area (Å²) < 4.78 is 8.24. The molecule has 9 nitrogen and oxygen atoms in total. The number of rotatable bonds is 11. The number of benzene rings is 4. The molecule has 1 fully saturated rings. The Labute approximate surface area is 287 Å². The molecule has 1 aliphatic heterocycles. The van der Waals surface area contributed by atoms with Crippen LogP contribution in [0.3, 0.4) is 0 Å². The van der Waals surface area contributed by atoms with Crippen LogP contribution in [0, 0.1) is 12.8 Å². The SMILES string of the molecule is CCOC(=O)c1ccc(CNC(=O)C(c2ccccc2)C2CCN(c3ccc(-n4cnn(C(C)c5ccccc5)c4=O)cc3)CC2)cc1C. The monoisotopic (exact) mass is 657 g/mol. The Kier molecular flexibility index (Phi) is 10.4. The molecular weight excluding hydrogens is 614 g/mol. The summed E-state index contributed by atoms with van der Waals surface area (Å²) >= 11 is 0. The third kappa shape index (κ3) is 7.51. The molecule has 0 saturated carbocycles. The van der Waals surface area contributed by atoms with Crippen molar-refractivity contribution in [1.82, 2.24) is 19.7 Å². The van der Waals surface area contributed by atoms with Gasteiger partial charge in [-0.15, -0.1) is 0 Å². The van der Waals surface area contributed by atoms with E-state index in [9.17, 15) is 14.4 Å². The van der Waals surface area contributed by atoms with Crippen molar-refractivity contribution in [3.8, 4) is 5.69 Å². The van der Waals surface area contributed by atoms with Crippen LogP contribution in [0.15, 0.2) is 114 Å². The first-order valence-electron chi connectivity index (χ1n) is 17.0. The van der Waals surface area contributed by atoms with Crippen molar-refractivity contribution in [1.29, 1.82) is 0 Å². The van der Waals surface area contributed by atoms with Gasteiger partial charge in [0.05, 0.1) is 29.8 Å². The highest BCUT2D eigenvalue weighted by atomic mass is 16.5. The smallest absolute Gasteiger partial charge is 0.350 e. The third-order valence-electron chi connectivity index (χ3n) is 9.54. The molecule has 49 heavy (non-hydrogen) atoms. The molecule has 2 unspecified atom stereocenters. The summed E-state index contributed by atoms with van der Waals surface area (Å²) in [5.41, 5.74) is 6.01. The molecule has 5 aromatic rings. The number of hydrogen-bond donors (Lipinski definition) is 1. The van der Waals surface area contributed by atoms with E-state index >= 15 is 0 Å². The highest BCUT2D eigenvalue weighted by Gasteiger charge is 2.33. The number of aromatic nitrogens is 3. The van der Waals surface area contributed by atoms with Gasteiger partial charge in [-0.3, -0.25) is 4.79 Å². The number of hydrogen-bond acceptors (Lipinski definition) is 6. The van der Waals surface area contributed by atoms with Crippen molar-refractivity contribution in [2.45, 2.75) is 52.1 Å². The zero-order chi connectivity index (χ0) is 34.3. The fraction of sp³-hybridized carbons (Fsp3) is 0.300. The molecule has 2 atom stereocenters. The van der Waals surface area contributed by atoms with Crippen LogP contribution in [-0.2, 0) is 16.1 Å². The molecule has 1 aromatic heterocycles. The van der Waals surface area contributed by atoms with E-state index in [0.29, 0.717) is 18.7 Å². The van der Waals surface area contributed by atoms with E-state index in [1.54, 1.807) is 23.9 Å². The first-order valence-corrected chi connectivity index (χ1v) is 17.0. The van der Waals surface area contributed by atoms with Crippen LogP contribution in [0.5, 0.6) is 0 Å². The highest BCUT2D eigenvalue weighted by Crippen LogP contribution is 2.35. The number of carbonyl (C=O) groups is 2. The Hall–Kier alpha value is -5.44. The van der Waals surface area contributed by atoms with Gasteiger partial charge in [0.1, 0.15) is 6.33 Å². The number of amides is 1. The van der Waals surface area contributed by atoms with Crippen LogP contribution in [0.4, 0.5) is 5.69 Å². The Morgan fingerprint density at radius 2 is 1.51 bits per heavy atom. The maximum atomic E-state index is 13.8. The first-order chi connectivity index (χ1) is 23.8. The second kappa shape index (κ2) is 15.2. The zero-order valence-corrected chi connectivity index (χ0v) is 28.3. The van der Waals surface area contributed by atoms with Crippen molar-refractivity contribution in [3.63, 3.8) is 0 Å². The lowest BCUT2D eigenvalue weighted by Crippen LogP contribution is -2.40. The molecule has 9 heteroatoms. The van der Waals surface area contributed by atoms with Crippen molar-refractivity contribution >= 4 is 17.6 Å². The van der Waals surface area contributed by atoms with E-state index in [1.807, 2.05) is 98.8 Å². The summed E-state index contributed by atoms with van der Waals surface area (Å²) in [5, 5.41) is 7.58. The van der Waals surface area contributed by atoms with Gasteiger partial charge in [-0.25, -0.2) is 18.8 Å². The molecule has 0 spiro atoms. The fourth-order valence-corrected chi connectivity index (χ4v) is 6.82. The Morgan fingerprint density at radius 1 is 0.878 bits per heavy atom. The topological polar surface area (TPSA) is 98.5 Å². The molecular formula is C40H43N5O4. The van der Waals surface area contributed by atoms with Gasteiger partial charge in [-0.1, -0.05) is 72.8 Å². The maximum Gasteiger partial charge on any atom is 0.350 e. The molecule has 2 heterocycles. The Balaban J connectivity index is 1.10. The van der Waals surface area contributed by atoms with Gasteiger partial charge in [0.2, 0.25) is 5.91 Å². The average molecular weight is 658 g/mol. The van der Waals surface area contributed by atoms with Crippen LogP contribution < -0.4 is 15.9 Å². The standard InChI is InChI=1S/C40H43N5O4/c1-4-49-39(47)36-20-15-30(25-28(36)2)26-41-38(46)37(32-13-9-6-10-14-32)33-21-23-43(24-22-33)34-16-18-35(19-17-34)44-27-42-45(40(44)48)29(3)31-11-7-5-8-12-31/h5-20,25,27,29,33,37H,4,21-24,26H2,1-3H3,(H,41,46). The van der Waals surface area contributed by atoms with E-state index in [2.05, 4.69) is 27.4 Å². The van der Waals surface area contributed by atoms with Gasteiger partial charge in [0, 0.05) is 25.3 Å². The van der Waals surface area contributed by atoms with E-state index in [4.69, 9.17) is 4.74 Å². The molecule has 1 N–H and O–H groups in total. The lowest BCUT2D eigenvalue weighted by atomic mass is 9.79. The van der Waals surface area contributed by atoms with Crippen LogP contribution >= 0.6 is 0 Å². The number of nitrogens with zero attached hydrogens (tertiary/aromatic N) is 4. The van der Waals surface area contributed by atoms with E-state index in [0.717, 1.165) is 59.6 Å². The van der Waals surface area contributed by atoms with Crippen molar-refractivity contribution in [2.24, 2.45) is 5.92 Å². The summed E-state index contributed by atoms with van der Waals surface area (Å²) in [7, 11) is 0. The summed E-state index contributed by atoms with van der Waals surface area (Å²) in [4.78, 5) is 41.6. The van der Waals surface area contributed by atoms with Gasteiger partial charge in [0.25, 0.3) is 0 Å². The fourth-order valence-electron chi connectivity index (χ4n) is 6.82. The van der Waals surface area contributed by atoms with Crippen molar-refractivity contribution in [2.75, 3.05) is 24.6 Å². The van der Waals surface area contributed by atoms with Gasteiger partial charge in [0.15, 0.2) is 0 Å². The number of anilines is 1. The van der Waals surface area contributed by atoms with Crippen LogP contribution in [0.2, 0.25) is 0 Å². The minimum absolute atomic E-state index is 0.00805. The predicted molar refractivity (Wildman–Crippen MR) is 191 cm³/mol. The second-order valence-corrected chi connectivity index (χ2v) is 12.6. The quantitative estimate of drug-likeness (QED) is 0.164. The highest BCUT2D eigenvalue weighted by molar-refractivity contribution is 5.91. The van der Waals surface area contributed by atoms with Crippen molar-refractivity contribution in [3.05, 3.63) is 148 Å². The number of piperidine rings is 1. The normalized spacial score (nSPS) is 14.6. The van der Waals surface area contributed by atoms with Crippen molar-refractivity contribution < 1.29 is 14.3 Å². The second-order valence-electron chi connectivity index (χ2n) is 12.6. The number of aryl methyl sites for hydroxylation is 1. The molecule has 1 aliphatic rings. The Morgan fingerprint density at radius 3 is 2.14 bits per heavy atom. The average Bonchev–Trinajstić information content (AvgIpc) is 3.52. The zero-order valence-electron chi connectivity index (χ0n) is 28.3. The molecule has 1 amide bonds. The van der Waals surface area contributed by atoms with Gasteiger partial charge < -0.3 is 15.0 Å². The molecule has 0 radical (unpaired) electrons. The molecule has 4 aromatic carbocycles. The molecule has 0 aliphatic carbocycles. The van der Waals surface area contributed by atoms with E-state index in [-0.39, 0.29) is 35.4 Å². The lowest BCUT2D eigenvalue weighted by molar-refractivity contribution is -0.124. The summed E-state index contributed by atoms with van der Waals surface area (Å²) in [5.74, 6) is -0.415. The first kappa shape index (κ1) is 33.5. The minimum atomic E-state index is -0.335. The molecule has 0 bridgehead atoms. The largest absolute Gasteiger partial charge is 0.462 e. The third-order valence-corrected chi connectivity index (χ3v) is 9.54. The molecule has 1 saturated heterocycles. The summed E-state index contributed by atoms with van der Waals surface area (Å²) in [6.07, 6.45) is 3.31. The summed E-state index contributed by atoms with van der Waals surface area (Å²) in [6, 6.07) is 33.3. The summed E-state index contributed by atoms with van der Waals surface area (Å²) in [6.45, 7) is 7.99. The number of carbonyl (C=O) groups excluding carboxylic acids is 2. The van der Waals surface area contributed by atoms with Crippen LogP contribution in [0.1, 0.15) is 71.3 Å². The van der Waals surface area contributed by atoms with E-state index in [1.165, 1.54) is 4.68 Å². The number of esters is 1. The van der Waals surface area contributed by atoms with Gasteiger partial charge in [-0.05, 0) is 92.1 Å². The Bertz CT molecular complexity index is 1930.